The maximum absolute atomic E-state index is 10.3. The van der Waals surface area contributed by atoms with Gasteiger partial charge in [0.25, 0.3) is 0 Å². The Morgan fingerprint density at radius 3 is 2.86 bits per heavy atom. The average molecular weight is 303 g/mol. The van der Waals surface area contributed by atoms with Gasteiger partial charge in [0.15, 0.2) is 5.13 Å². The lowest BCUT2D eigenvalue weighted by Gasteiger charge is -2.17. The first-order valence-electron chi connectivity index (χ1n) is 7.19. The summed E-state index contributed by atoms with van der Waals surface area (Å²) in [4.78, 5) is 7.82. The van der Waals surface area contributed by atoms with Crippen LogP contribution in [0.15, 0.2) is 24.3 Å². The molecule has 3 rings (SSSR count). The topological polar surface area (TPSA) is 48.4 Å². The highest BCUT2D eigenvalue weighted by Gasteiger charge is 2.30. The smallest absolute Gasteiger partial charge is 0.185 e. The molecule has 0 radical (unpaired) electrons. The zero-order valence-corrected chi connectivity index (χ0v) is 13.4. The van der Waals surface area contributed by atoms with E-state index in [1.807, 2.05) is 38.1 Å². The first kappa shape index (κ1) is 14.5. The van der Waals surface area contributed by atoms with Gasteiger partial charge >= 0.3 is 0 Å². The van der Waals surface area contributed by atoms with Crippen molar-refractivity contribution in [1.82, 2.24) is 10.3 Å². The molecule has 0 unspecified atom stereocenters. The van der Waals surface area contributed by atoms with E-state index >= 15 is 0 Å². The number of aliphatic hydroxyl groups is 1. The van der Waals surface area contributed by atoms with Crippen LogP contribution >= 0.6 is 11.3 Å². The normalized spacial score (nSPS) is 20.6. The molecular weight excluding hydrogens is 282 g/mol. The fraction of sp³-hybridized carbons (Fsp3) is 0.438. The van der Waals surface area contributed by atoms with E-state index in [9.17, 15) is 5.11 Å². The number of benzene rings is 1. The number of thiazole rings is 1. The van der Waals surface area contributed by atoms with Gasteiger partial charge in [0, 0.05) is 31.9 Å². The Morgan fingerprint density at radius 1 is 1.38 bits per heavy atom. The lowest BCUT2D eigenvalue weighted by atomic mass is 10.1. The van der Waals surface area contributed by atoms with Crippen molar-refractivity contribution in [2.75, 3.05) is 19.0 Å². The highest BCUT2D eigenvalue weighted by Crippen LogP contribution is 2.32. The van der Waals surface area contributed by atoms with Crippen LogP contribution in [0.4, 0.5) is 5.13 Å². The molecule has 1 aliphatic carbocycles. The molecule has 0 bridgehead atoms. The van der Waals surface area contributed by atoms with E-state index < -0.39 is 0 Å². The molecule has 2 N–H and O–H groups in total. The van der Waals surface area contributed by atoms with Crippen molar-refractivity contribution >= 4 is 16.5 Å². The van der Waals surface area contributed by atoms with E-state index in [1.165, 1.54) is 16.0 Å². The lowest BCUT2D eigenvalue weighted by Crippen LogP contribution is -2.28. The van der Waals surface area contributed by atoms with Crippen LogP contribution in [-0.2, 0) is 13.0 Å². The van der Waals surface area contributed by atoms with E-state index in [2.05, 4.69) is 22.4 Å². The number of hydrogen-bond acceptors (Lipinski definition) is 5. The van der Waals surface area contributed by atoms with Crippen molar-refractivity contribution in [2.45, 2.75) is 32.0 Å². The Bertz CT molecular complexity index is 638. The molecule has 1 aromatic carbocycles. The van der Waals surface area contributed by atoms with Crippen molar-refractivity contribution in [2.24, 2.45) is 0 Å². The van der Waals surface area contributed by atoms with Gasteiger partial charge in [-0.15, -0.1) is 11.3 Å². The fourth-order valence-electron chi connectivity index (χ4n) is 2.79. The molecule has 5 heteroatoms. The van der Waals surface area contributed by atoms with Gasteiger partial charge in [0.05, 0.1) is 17.8 Å². The van der Waals surface area contributed by atoms with Gasteiger partial charge in [0.2, 0.25) is 0 Å². The Balaban J connectivity index is 1.73. The quantitative estimate of drug-likeness (QED) is 0.909. The number of rotatable bonds is 4. The van der Waals surface area contributed by atoms with Gasteiger partial charge < -0.3 is 15.3 Å². The van der Waals surface area contributed by atoms with E-state index in [-0.39, 0.29) is 12.1 Å². The molecule has 2 atom stereocenters. The number of aryl methyl sites for hydroxylation is 1. The summed E-state index contributed by atoms with van der Waals surface area (Å²) in [5.41, 5.74) is 3.54. The summed E-state index contributed by atoms with van der Waals surface area (Å²) in [7, 11) is 4.01. The van der Waals surface area contributed by atoms with Crippen LogP contribution in [0.3, 0.4) is 0 Å². The molecule has 1 aliphatic rings. The summed E-state index contributed by atoms with van der Waals surface area (Å²) in [6.07, 6.45) is 0.391. The van der Waals surface area contributed by atoms with Crippen LogP contribution < -0.4 is 10.2 Å². The van der Waals surface area contributed by atoms with Crippen molar-refractivity contribution in [1.29, 1.82) is 0 Å². The Morgan fingerprint density at radius 2 is 2.14 bits per heavy atom. The summed E-state index contributed by atoms with van der Waals surface area (Å²) in [6, 6.07) is 8.29. The third-order valence-electron chi connectivity index (χ3n) is 3.95. The van der Waals surface area contributed by atoms with Crippen LogP contribution in [0, 0.1) is 6.92 Å². The molecule has 112 valence electrons. The highest BCUT2D eigenvalue weighted by molar-refractivity contribution is 7.15. The average Bonchev–Trinajstić information content (AvgIpc) is 2.97. The number of nitrogens with one attached hydrogen (secondary N) is 1. The molecule has 0 aliphatic heterocycles. The predicted molar refractivity (Wildman–Crippen MR) is 86.9 cm³/mol. The zero-order chi connectivity index (χ0) is 15.0. The minimum atomic E-state index is -0.344. The number of aromatic nitrogens is 1. The van der Waals surface area contributed by atoms with E-state index in [1.54, 1.807) is 11.3 Å². The Hall–Kier alpha value is -1.43. The van der Waals surface area contributed by atoms with Crippen molar-refractivity contribution in [3.05, 3.63) is 46.0 Å². The molecule has 0 spiro atoms. The minimum absolute atomic E-state index is 0.0190. The third kappa shape index (κ3) is 2.81. The standard InChI is InChI=1S/C16H21N3OS/c1-10-14(21-16(18-10)19(2)3)9-17-15-12-7-5-4-6-11(12)8-13(15)20/h4-7,13,15,17,20H,8-9H2,1-3H3/t13-,15+/m1/s1. The number of hydrogen-bond donors (Lipinski definition) is 2. The highest BCUT2D eigenvalue weighted by atomic mass is 32.1. The van der Waals surface area contributed by atoms with Gasteiger partial charge in [-0.1, -0.05) is 24.3 Å². The lowest BCUT2D eigenvalue weighted by molar-refractivity contribution is 0.141. The van der Waals surface area contributed by atoms with Crippen molar-refractivity contribution < 1.29 is 5.11 Å². The van der Waals surface area contributed by atoms with Gasteiger partial charge in [0.1, 0.15) is 0 Å². The van der Waals surface area contributed by atoms with Gasteiger partial charge in [-0.25, -0.2) is 4.98 Å². The van der Waals surface area contributed by atoms with Crippen LogP contribution in [0.1, 0.15) is 27.7 Å². The molecule has 0 fully saturated rings. The van der Waals surface area contributed by atoms with E-state index in [0.29, 0.717) is 0 Å². The number of nitrogens with zero attached hydrogens (tertiary/aromatic N) is 2. The van der Waals surface area contributed by atoms with Crippen LogP contribution in [0.2, 0.25) is 0 Å². The molecule has 0 saturated heterocycles. The first-order chi connectivity index (χ1) is 10.1. The van der Waals surface area contributed by atoms with Gasteiger partial charge in [-0.2, -0.15) is 0 Å². The SMILES string of the molecule is Cc1nc(N(C)C)sc1CN[C@H]1c2ccccc2C[C@H]1O. The summed E-state index contributed by atoms with van der Waals surface area (Å²) < 4.78 is 0. The molecule has 2 aromatic rings. The summed E-state index contributed by atoms with van der Waals surface area (Å²) >= 11 is 1.70. The van der Waals surface area contributed by atoms with Crippen LogP contribution in [0.25, 0.3) is 0 Å². The summed E-state index contributed by atoms with van der Waals surface area (Å²) in [6.45, 7) is 2.78. The Kier molecular flexibility index (Phi) is 3.97. The van der Waals surface area contributed by atoms with Crippen molar-refractivity contribution in [3.8, 4) is 0 Å². The minimum Gasteiger partial charge on any atom is -0.391 e. The van der Waals surface area contributed by atoms with Crippen molar-refractivity contribution in [3.63, 3.8) is 0 Å². The number of aliphatic hydroxyl groups excluding tert-OH is 1. The fourth-order valence-corrected chi connectivity index (χ4v) is 3.72. The third-order valence-corrected chi connectivity index (χ3v) is 5.28. The maximum Gasteiger partial charge on any atom is 0.185 e. The molecule has 21 heavy (non-hydrogen) atoms. The second-order valence-electron chi connectivity index (χ2n) is 5.73. The molecule has 0 amide bonds. The van der Waals surface area contributed by atoms with E-state index in [0.717, 1.165) is 23.8 Å². The second kappa shape index (κ2) is 5.75. The zero-order valence-electron chi connectivity index (χ0n) is 12.6. The largest absolute Gasteiger partial charge is 0.391 e. The number of fused-ring (bicyclic) bond motifs is 1. The molecular formula is C16H21N3OS. The van der Waals surface area contributed by atoms with Gasteiger partial charge in [-0.3, -0.25) is 0 Å². The molecule has 0 saturated carbocycles. The number of anilines is 1. The maximum atomic E-state index is 10.3. The monoisotopic (exact) mass is 303 g/mol. The van der Waals surface area contributed by atoms with Crippen LogP contribution in [-0.4, -0.2) is 30.3 Å². The Labute approximate surface area is 129 Å². The molecule has 4 nitrogen and oxygen atoms in total. The molecule has 1 aromatic heterocycles. The predicted octanol–water partition coefficient (Wildman–Crippen LogP) is 2.27. The second-order valence-corrected chi connectivity index (χ2v) is 6.79. The van der Waals surface area contributed by atoms with E-state index in [4.69, 9.17) is 0 Å². The van der Waals surface area contributed by atoms with Crippen LogP contribution in [0.5, 0.6) is 0 Å². The first-order valence-corrected chi connectivity index (χ1v) is 8.01. The van der Waals surface area contributed by atoms with Gasteiger partial charge in [-0.05, 0) is 18.1 Å². The molecule has 1 heterocycles. The summed E-state index contributed by atoms with van der Waals surface area (Å²) in [5, 5.41) is 14.8. The summed E-state index contributed by atoms with van der Waals surface area (Å²) in [5.74, 6) is 0.